The van der Waals surface area contributed by atoms with E-state index in [2.05, 4.69) is 0 Å². The van der Waals surface area contributed by atoms with Gasteiger partial charge in [0.1, 0.15) is 0 Å². The first kappa shape index (κ1) is 11.1. The lowest BCUT2D eigenvalue weighted by atomic mass is 10.0. The minimum Gasteiger partial charge on any atom is -0.504 e. The minimum absolute atomic E-state index is 0.146. The van der Waals surface area contributed by atoms with Gasteiger partial charge in [0.25, 0.3) is 0 Å². The van der Waals surface area contributed by atoms with Gasteiger partial charge >= 0.3 is 5.97 Å². The number of aliphatic hydroxyl groups is 1. The van der Waals surface area contributed by atoms with Crippen LogP contribution in [0.15, 0.2) is 12.1 Å². The lowest BCUT2D eigenvalue weighted by Gasteiger charge is -2.11. The SMILES string of the molecule is O=C(O)C[C@H](O)c1ccc(O)c(O)c1O. The van der Waals surface area contributed by atoms with Gasteiger partial charge in [-0.1, -0.05) is 0 Å². The Morgan fingerprint density at radius 2 is 1.80 bits per heavy atom. The molecule has 5 N–H and O–H groups in total. The zero-order valence-electron chi connectivity index (χ0n) is 7.58. The number of hydrogen-bond acceptors (Lipinski definition) is 5. The Bertz CT molecular complexity index is 386. The summed E-state index contributed by atoms with van der Waals surface area (Å²) in [4.78, 5) is 10.3. The molecule has 0 radical (unpaired) electrons. The summed E-state index contributed by atoms with van der Waals surface area (Å²) in [6.07, 6.45) is -2.04. The molecule has 0 aliphatic heterocycles. The molecule has 82 valence electrons. The summed E-state index contributed by atoms with van der Waals surface area (Å²) in [6, 6.07) is 2.19. The fourth-order valence-electron chi connectivity index (χ4n) is 1.13. The molecule has 0 aliphatic carbocycles. The van der Waals surface area contributed by atoms with E-state index in [-0.39, 0.29) is 5.56 Å². The number of benzene rings is 1. The maximum atomic E-state index is 10.3. The van der Waals surface area contributed by atoms with E-state index in [1.165, 1.54) is 0 Å². The van der Waals surface area contributed by atoms with Crippen LogP contribution in [0.5, 0.6) is 17.2 Å². The van der Waals surface area contributed by atoms with Gasteiger partial charge < -0.3 is 25.5 Å². The maximum absolute atomic E-state index is 10.3. The summed E-state index contributed by atoms with van der Waals surface area (Å²) in [5, 5.41) is 45.2. The van der Waals surface area contributed by atoms with Crippen molar-refractivity contribution in [1.82, 2.24) is 0 Å². The average molecular weight is 214 g/mol. The first-order valence-corrected chi connectivity index (χ1v) is 4.07. The molecule has 1 aromatic carbocycles. The molecule has 0 unspecified atom stereocenters. The molecular weight excluding hydrogens is 204 g/mol. The smallest absolute Gasteiger partial charge is 0.306 e. The highest BCUT2D eigenvalue weighted by atomic mass is 16.4. The van der Waals surface area contributed by atoms with E-state index in [9.17, 15) is 15.0 Å². The van der Waals surface area contributed by atoms with Crippen molar-refractivity contribution in [3.05, 3.63) is 17.7 Å². The van der Waals surface area contributed by atoms with Gasteiger partial charge in [-0.25, -0.2) is 0 Å². The fourth-order valence-corrected chi connectivity index (χ4v) is 1.13. The molecule has 0 saturated heterocycles. The predicted molar refractivity (Wildman–Crippen MR) is 48.6 cm³/mol. The molecule has 1 aromatic rings. The second-order valence-electron chi connectivity index (χ2n) is 2.98. The largest absolute Gasteiger partial charge is 0.504 e. The van der Waals surface area contributed by atoms with Gasteiger partial charge in [0.2, 0.25) is 5.75 Å². The number of carbonyl (C=O) groups is 1. The Morgan fingerprint density at radius 3 is 2.33 bits per heavy atom. The summed E-state index contributed by atoms with van der Waals surface area (Å²) >= 11 is 0. The van der Waals surface area contributed by atoms with Crippen LogP contribution in [0.25, 0.3) is 0 Å². The minimum atomic E-state index is -1.44. The van der Waals surface area contributed by atoms with Crippen molar-refractivity contribution >= 4 is 5.97 Å². The number of aromatic hydroxyl groups is 3. The van der Waals surface area contributed by atoms with Crippen LogP contribution in [0.4, 0.5) is 0 Å². The van der Waals surface area contributed by atoms with Gasteiger partial charge in [-0.2, -0.15) is 0 Å². The van der Waals surface area contributed by atoms with Crippen LogP contribution < -0.4 is 0 Å². The molecule has 0 saturated carbocycles. The summed E-state index contributed by atoms with van der Waals surface area (Å²) < 4.78 is 0. The number of phenolic OH excluding ortho intramolecular Hbond substituents is 3. The van der Waals surface area contributed by atoms with E-state index in [0.29, 0.717) is 0 Å². The molecule has 1 rings (SSSR count). The predicted octanol–water partition coefficient (Wildman–Crippen LogP) is 0.311. The number of phenols is 3. The molecule has 0 aliphatic rings. The second kappa shape index (κ2) is 4.05. The third kappa shape index (κ3) is 2.29. The number of carboxylic acids is 1. The van der Waals surface area contributed by atoms with E-state index in [1.807, 2.05) is 0 Å². The number of hydrogen-bond donors (Lipinski definition) is 5. The first-order valence-electron chi connectivity index (χ1n) is 4.07. The summed E-state index contributed by atoms with van der Waals surface area (Å²) in [5.41, 5.74) is -0.146. The highest BCUT2D eigenvalue weighted by molar-refractivity contribution is 5.68. The molecule has 6 nitrogen and oxygen atoms in total. The Morgan fingerprint density at radius 1 is 1.20 bits per heavy atom. The van der Waals surface area contributed by atoms with Crippen molar-refractivity contribution in [3.8, 4) is 17.2 Å². The highest BCUT2D eigenvalue weighted by Crippen LogP contribution is 2.40. The van der Waals surface area contributed by atoms with Crippen molar-refractivity contribution in [3.63, 3.8) is 0 Å². The zero-order valence-corrected chi connectivity index (χ0v) is 7.58. The van der Waals surface area contributed by atoms with Gasteiger partial charge in [-0.05, 0) is 12.1 Å². The lowest BCUT2D eigenvalue weighted by Crippen LogP contribution is -2.05. The third-order valence-corrected chi connectivity index (χ3v) is 1.89. The van der Waals surface area contributed by atoms with Crippen LogP contribution >= 0.6 is 0 Å². The van der Waals surface area contributed by atoms with Crippen LogP contribution in [0, 0.1) is 0 Å². The van der Waals surface area contributed by atoms with Crippen molar-refractivity contribution in [2.75, 3.05) is 0 Å². The topological polar surface area (TPSA) is 118 Å². The Labute approximate surface area is 84.7 Å². The van der Waals surface area contributed by atoms with E-state index in [1.54, 1.807) is 0 Å². The van der Waals surface area contributed by atoms with E-state index >= 15 is 0 Å². The molecule has 6 heteroatoms. The number of aliphatic carboxylic acids is 1. The van der Waals surface area contributed by atoms with Crippen molar-refractivity contribution < 1.29 is 30.3 Å². The third-order valence-electron chi connectivity index (χ3n) is 1.89. The maximum Gasteiger partial charge on any atom is 0.306 e. The fraction of sp³-hybridized carbons (Fsp3) is 0.222. The number of carboxylic acid groups (broad SMARTS) is 1. The molecule has 0 aromatic heterocycles. The highest BCUT2D eigenvalue weighted by Gasteiger charge is 2.19. The van der Waals surface area contributed by atoms with Gasteiger partial charge in [0.15, 0.2) is 11.5 Å². The van der Waals surface area contributed by atoms with Crippen molar-refractivity contribution in [1.29, 1.82) is 0 Å². The lowest BCUT2D eigenvalue weighted by molar-refractivity contribution is -0.139. The quantitative estimate of drug-likeness (QED) is 0.462. The molecule has 1 atom stereocenters. The van der Waals surface area contributed by atoms with E-state index < -0.39 is 35.7 Å². The molecule has 0 heterocycles. The normalized spacial score (nSPS) is 12.3. The molecule has 0 fully saturated rings. The van der Waals surface area contributed by atoms with Gasteiger partial charge in [0.05, 0.1) is 12.5 Å². The van der Waals surface area contributed by atoms with E-state index in [4.69, 9.17) is 15.3 Å². The Kier molecular flexibility index (Phi) is 3.01. The molecular formula is C9H10O6. The second-order valence-corrected chi connectivity index (χ2v) is 2.98. The Hall–Kier alpha value is -1.95. The molecule has 0 amide bonds. The zero-order chi connectivity index (χ0) is 11.6. The van der Waals surface area contributed by atoms with Crippen LogP contribution in [-0.4, -0.2) is 31.5 Å². The van der Waals surface area contributed by atoms with Crippen molar-refractivity contribution in [2.45, 2.75) is 12.5 Å². The van der Waals surface area contributed by atoms with Crippen LogP contribution in [-0.2, 0) is 4.79 Å². The first-order chi connectivity index (χ1) is 6.93. The van der Waals surface area contributed by atoms with Gasteiger partial charge in [-0.3, -0.25) is 4.79 Å². The monoisotopic (exact) mass is 214 g/mol. The summed E-state index contributed by atoms with van der Waals surface area (Å²) in [6.45, 7) is 0. The number of rotatable bonds is 3. The number of aliphatic hydroxyl groups excluding tert-OH is 1. The molecule has 0 spiro atoms. The average Bonchev–Trinajstić information content (AvgIpc) is 2.13. The molecule has 0 bridgehead atoms. The van der Waals surface area contributed by atoms with Crippen LogP contribution in [0.1, 0.15) is 18.1 Å². The summed E-state index contributed by atoms with van der Waals surface area (Å²) in [7, 11) is 0. The van der Waals surface area contributed by atoms with Crippen molar-refractivity contribution in [2.24, 2.45) is 0 Å². The van der Waals surface area contributed by atoms with E-state index in [0.717, 1.165) is 12.1 Å². The van der Waals surface area contributed by atoms with Gasteiger partial charge in [-0.15, -0.1) is 0 Å². The van der Waals surface area contributed by atoms with Crippen LogP contribution in [0.3, 0.4) is 0 Å². The Balaban J connectivity index is 3.05. The molecule has 15 heavy (non-hydrogen) atoms. The van der Waals surface area contributed by atoms with Crippen LogP contribution in [0.2, 0.25) is 0 Å². The van der Waals surface area contributed by atoms with Gasteiger partial charge in [0, 0.05) is 5.56 Å². The standard InChI is InChI=1S/C9H10O6/c10-5-2-1-4(8(14)9(5)15)6(11)3-7(12)13/h1-2,6,10-11,14-15H,3H2,(H,12,13)/t6-/m0/s1. The summed E-state index contributed by atoms with van der Waals surface area (Å²) in [5.74, 6) is -3.28.